The molecule has 5 nitrogen and oxygen atoms in total. The molecule has 0 aromatic heterocycles. The molecule has 0 radical (unpaired) electrons. The van der Waals surface area contributed by atoms with E-state index in [1.807, 2.05) is 47.6 Å². The van der Waals surface area contributed by atoms with E-state index in [9.17, 15) is 10.2 Å². The molecule has 9 atom stereocenters. The predicted molar refractivity (Wildman–Crippen MR) is 108 cm³/mol. The van der Waals surface area contributed by atoms with Crippen molar-refractivity contribution in [3.8, 4) is 0 Å². The molecule has 4 bridgehead atoms. The average Bonchev–Trinajstić information content (AvgIpc) is 2.65. The minimum absolute atomic E-state index is 0.00381. The summed E-state index contributed by atoms with van der Waals surface area (Å²) in [4.78, 5) is 0. The van der Waals surface area contributed by atoms with Crippen molar-refractivity contribution in [3.63, 3.8) is 0 Å². The standard InChI is InChI=1S/C23H38O5/c1-9-11-13(3)12-14(4)19(24)15(5)23-18(8)22(25)17(7)20(26-23)16(6)21(10-2,27-22)28-23/h11-12,15-20,24-25H,9-10H2,1-8H3. The fourth-order valence-corrected chi connectivity index (χ4v) is 5.67. The van der Waals surface area contributed by atoms with Gasteiger partial charge >= 0.3 is 0 Å². The zero-order valence-electron chi connectivity index (χ0n) is 18.7. The Kier molecular flexibility index (Phi) is 5.66. The zero-order chi connectivity index (χ0) is 21.1. The van der Waals surface area contributed by atoms with Gasteiger partial charge in [0.1, 0.15) is 0 Å². The Morgan fingerprint density at radius 2 is 1.75 bits per heavy atom. The van der Waals surface area contributed by atoms with Gasteiger partial charge < -0.3 is 24.4 Å². The number of hydrogen-bond acceptors (Lipinski definition) is 5. The highest BCUT2D eigenvalue weighted by Gasteiger charge is 2.76. The van der Waals surface area contributed by atoms with Crippen molar-refractivity contribution in [2.45, 2.75) is 97.8 Å². The largest absolute Gasteiger partial charge is 0.388 e. The first-order chi connectivity index (χ1) is 13.0. The number of hydrogen-bond donors (Lipinski definition) is 2. The molecule has 4 aliphatic rings. The summed E-state index contributed by atoms with van der Waals surface area (Å²) in [6, 6.07) is 0. The third-order valence-corrected chi connectivity index (χ3v) is 7.59. The molecule has 4 saturated heterocycles. The van der Waals surface area contributed by atoms with Gasteiger partial charge in [-0.05, 0) is 32.3 Å². The van der Waals surface area contributed by atoms with Crippen molar-refractivity contribution < 1.29 is 24.4 Å². The minimum Gasteiger partial charge on any atom is -0.388 e. The van der Waals surface area contributed by atoms with Crippen LogP contribution in [-0.4, -0.2) is 39.8 Å². The summed E-state index contributed by atoms with van der Waals surface area (Å²) in [6.45, 7) is 16.0. The maximum Gasteiger partial charge on any atom is 0.185 e. The van der Waals surface area contributed by atoms with Crippen LogP contribution in [-0.2, 0) is 14.2 Å². The highest BCUT2D eigenvalue weighted by molar-refractivity contribution is 5.24. The maximum absolute atomic E-state index is 11.5. The van der Waals surface area contributed by atoms with E-state index < -0.39 is 29.4 Å². The third-order valence-electron chi connectivity index (χ3n) is 7.59. The lowest BCUT2D eigenvalue weighted by atomic mass is 9.64. The van der Waals surface area contributed by atoms with Gasteiger partial charge in [0.05, 0.1) is 18.1 Å². The molecule has 4 aliphatic heterocycles. The van der Waals surface area contributed by atoms with Gasteiger partial charge in [0.15, 0.2) is 17.4 Å². The molecule has 0 aromatic rings. The highest BCUT2D eigenvalue weighted by Crippen LogP contribution is 2.64. The van der Waals surface area contributed by atoms with Crippen LogP contribution in [0.4, 0.5) is 0 Å². The molecule has 28 heavy (non-hydrogen) atoms. The van der Waals surface area contributed by atoms with Crippen LogP contribution < -0.4 is 0 Å². The molecule has 0 aliphatic carbocycles. The number of allylic oxidation sites excluding steroid dienone is 3. The summed E-state index contributed by atoms with van der Waals surface area (Å²) in [5.41, 5.74) is 1.99. The van der Waals surface area contributed by atoms with E-state index >= 15 is 0 Å². The Morgan fingerprint density at radius 1 is 1.11 bits per heavy atom. The molecular weight excluding hydrogens is 356 g/mol. The Balaban J connectivity index is 2.00. The van der Waals surface area contributed by atoms with Crippen molar-refractivity contribution in [1.29, 1.82) is 0 Å². The molecule has 4 heterocycles. The first kappa shape index (κ1) is 22.0. The summed E-state index contributed by atoms with van der Waals surface area (Å²) >= 11 is 0. The van der Waals surface area contributed by atoms with Gasteiger partial charge in [-0.15, -0.1) is 0 Å². The summed E-state index contributed by atoms with van der Waals surface area (Å²) in [5.74, 6) is -4.26. The van der Waals surface area contributed by atoms with Crippen LogP contribution in [0.5, 0.6) is 0 Å². The molecule has 9 unspecified atom stereocenters. The number of aliphatic hydroxyl groups is 2. The van der Waals surface area contributed by atoms with E-state index in [0.717, 1.165) is 17.6 Å². The molecular formula is C23H38O5. The van der Waals surface area contributed by atoms with Crippen LogP contribution >= 0.6 is 0 Å². The molecule has 160 valence electrons. The Hall–Kier alpha value is -0.720. The smallest absolute Gasteiger partial charge is 0.185 e. The summed E-state index contributed by atoms with van der Waals surface area (Å²) < 4.78 is 19.4. The average molecular weight is 395 g/mol. The second-order valence-electron chi connectivity index (χ2n) is 9.20. The number of rotatable bonds is 6. The molecule has 5 heteroatoms. The quantitative estimate of drug-likeness (QED) is 0.663. The van der Waals surface area contributed by atoms with Gasteiger partial charge in [-0.25, -0.2) is 0 Å². The normalized spacial score (nSPS) is 48.1. The first-order valence-corrected chi connectivity index (χ1v) is 10.8. The van der Waals surface area contributed by atoms with E-state index in [1.54, 1.807) is 0 Å². The summed E-state index contributed by atoms with van der Waals surface area (Å²) in [6.07, 6.45) is 4.80. The zero-order valence-corrected chi connectivity index (χ0v) is 18.7. The Labute approximate surface area is 169 Å². The summed E-state index contributed by atoms with van der Waals surface area (Å²) in [7, 11) is 0. The van der Waals surface area contributed by atoms with Gasteiger partial charge in [-0.1, -0.05) is 59.3 Å². The summed E-state index contributed by atoms with van der Waals surface area (Å²) in [5, 5.41) is 22.7. The minimum atomic E-state index is -1.33. The van der Waals surface area contributed by atoms with Crippen molar-refractivity contribution in [1.82, 2.24) is 0 Å². The van der Waals surface area contributed by atoms with Gasteiger partial charge in [-0.2, -0.15) is 0 Å². The van der Waals surface area contributed by atoms with E-state index in [4.69, 9.17) is 14.2 Å². The van der Waals surface area contributed by atoms with Crippen molar-refractivity contribution in [2.24, 2.45) is 23.7 Å². The fourth-order valence-electron chi connectivity index (χ4n) is 5.67. The molecule has 4 fully saturated rings. The van der Waals surface area contributed by atoms with Crippen LogP contribution in [0.2, 0.25) is 0 Å². The van der Waals surface area contributed by atoms with Crippen LogP contribution in [0.1, 0.15) is 68.2 Å². The van der Waals surface area contributed by atoms with E-state index in [-0.39, 0.29) is 23.9 Å². The maximum atomic E-state index is 11.5. The molecule has 0 saturated carbocycles. The fraction of sp³-hybridized carbons (Fsp3) is 0.826. The predicted octanol–water partition coefficient (Wildman–Crippen LogP) is 4.14. The van der Waals surface area contributed by atoms with E-state index in [2.05, 4.69) is 19.9 Å². The lowest BCUT2D eigenvalue weighted by Crippen LogP contribution is -2.83. The lowest BCUT2D eigenvalue weighted by Gasteiger charge is -2.72. The van der Waals surface area contributed by atoms with Crippen LogP contribution in [0.15, 0.2) is 23.3 Å². The van der Waals surface area contributed by atoms with Gasteiger partial charge in [-0.3, -0.25) is 0 Å². The first-order valence-electron chi connectivity index (χ1n) is 10.8. The van der Waals surface area contributed by atoms with Gasteiger partial charge in [0.25, 0.3) is 0 Å². The SMILES string of the molecule is CCC=C(C)C=C(C)C(O)C(C)C12OC3C(C)C(CC)(OC(O)(C3C)C1C)O2. The van der Waals surface area contributed by atoms with Crippen LogP contribution in [0.3, 0.4) is 0 Å². The number of aliphatic hydroxyl groups excluding tert-OH is 1. The molecule has 0 spiro atoms. The molecule has 0 aromatic carbocycles. The third kappa shape index (κ3) is 2.85. The second kappa shape index (κ2) is 7.21. The lowest BCUT2D eigenvalue weighted by molar-refractivity contribution is -0.593. The van der Waals surface area contributed by atoms with Crippen LogP contribution in [0, 0.1) is 23.7 Å². The van der Waals surface area contributed by atoms with Gasteiger partial charge in [0, 0.05) is 17.8 Å². The van der Waals surface area contributed by atoms with Crippen molar-refractivity contribution in [2.75, 3.05) is 0 Å². The highest BCUT2D eigenvalue weighted by atomic mass is 16.9. The number of ether oxygens (including phenoxy) is 3. The van der Waals surface area contributed by atoms with Crippen molar-refractivity contribution >= 4 is 0 Å². The van der Waals surface area contributed by atoms with E-state index in [1.165, 1.54) is 0 Å². The van der Waals surface area contributed by atoms with Gasteiger partial charge in [0.2, 0.25) is 0 Å². The van der Waals surface area contributed by atoms with Crippen molar-refractivity contribution in [3.05, 3.63) is 23.3 Å². The molecule has 4 rings (SSSR count). The second-order valence-corrected chi connectivity index (χ2v) is 9.20. The van der Waals surface area contributed by atoms with Crippen LogP contribution in [0.25, 0.3) is 0 Å². The molecule has 2 N–H and O–H groups in total. The molecule has 0 amide bonds. The Bertz CT molecular complexity index is 662. The monoisotopic (exact) mass is 394 g/mol. The topological polar surface area (TPSA) is 68.2 Å². The van der Waals surface area contributed by atoms with E-state index in [0.29, 0.717) is 6.42 Å². The Morgan fingerprint density at radius 3 is 2.32 bits per heavy atom.